The maximum atomic E-state index is 11.6. The topological polar surface area (TPSA) is 71.1 Å². The Morgan fingerprint density at radius 3 is 2.70 bits per heavy atom. The molecule has 0 bridgehead atoms. The monoisotopic (exact) mass is 307 g/mol. The average molecular weight is 307 g/mol. The summed E-state index contributed by atoms with van der Waals surface area (Å²) in [6.07, 6.45) is 1.68. The largest absolute Gasteiger partial charge is 0.325 e. The fourth-order valence-corrected chi connectivity index (χ4v) is 2.81. The smallest absolute Gasteiger partial charge is 0.308 e. The normalized spacial score (nSPS) is 10.1. The molecule has 0 unspecified atom stereocenters. The number of nitrogens with one attached hydrogen (secondary N) is 2. The first kappa shape index (κ1) is 14.5. The van der Waals surface area contributed by atoms with Gasteiger partial charge < -0.3 is 5.32 Å². The van der Waals surface area contributed by atoms with Gasteiger partial charge in [-0.25, -0.2) is 9.78 Å². The lowest BCUT2D eigenvalue weighted by Gasteiger charge is -2.06. The van der Waals surface area contributed by atoms with E-state index in [0.717, 1.165) is 9.90 Å². The molecule has 7 heteroatoms. The van der Waals surface area contributed by atoms with Crippen LogP contribution in [-0.4, -0.2) is 22.7 Å². The van der Waals surface area contributed by atoms with Crippen LogP contribution in [0.4, 0.5) is 10.5 Å². The van der Waals surface area contributed by atoms with Gasteiger partial charge in [-0.15, -0.1) is 11.3 Å². The molecule has 1 aromatic heterocycles. The molecule has 0 radical (unpaired) electrons. The summed E-state index contributed by atoms with van der Waals surface area (Å²) in [5.41, 5.74) is 1.75. The van der Waals surface area contributed by atoms with E-state index in [1.165, 1.54) is 23.1 Å². The first-order valence-electron chi connectivity index (χ1n) is 5.83. The van der Waals surface area contributed by atoms with Crippen LogP contribution < -0.4 is 10.6 Å². The van der Waals surface area contributed by atoms with Crippen LogP contribution in [0.3, 0.4) is 0 Å². The first-order chi connectivity index (χ1) is 9.63. The third kappa shape index (κ3) is 4.67. The lowest BCUT2D eigenvalue weighted by Crippen LogP contribution is -2.35. The van der Waals surface area contributed by atoms with E-state index >= 15 is 0 Å². The fourth-order valence-electron chi connectivity index (χ4n) is 1.37. The summed E-state index contributed by atoms with van der Waals surface area (Å²) in [6, 6.07) is 6.80. The number of thioether (sulfide) groups is 1. The highest BCUT2D eigenvalue weighted by molar-refractivity contribution is 8.01. The third-order valence-corrected chi connectivity index (χ3v) is 4.26. The van der Waals surface area contributed by atoms with Crippen molar-refractivity contribution in [3.05, 3.63) is 41.4 Å². The Morgan fingerprint density at radius 2 is 2.05 bits per heavy atom. The molecule has 0 aliphatic heterocycles. The summed E-state index contributed by atoms with van der Waals surface area (Å²) < 4.78 is 0.805. The SMILES string of the molecule is Cc1ccc(NC(=O)NC(=O)CSc2nccs2)cc1. The molecule has 5 nitrogen and oxygen atoms in total. The molecule has 1 heterocycles. The maximum Gasteiger partial charge on any atom is 0.325 e. The molecule has 104 valence electrons. The number of thiazole rings is 1. The summed E-state index contributed by atoms with van der Waals surface area (Å²) in [7, 11) is 0. The number of rotatable bonds is 4. The summed E-state index contributed by atoms with van der Waals surface area (Å²) in [5, 5.41) is 6.71. The third-order valence-electron chi connectivity index (χ3n) is 2.30. The molecule has 0 spiro atoms. The number of urea groups is 1. The summed E-state index contributed by atoms with van der Waals surface area (Å²) >= 11 is 2.76. The summed E-state index contributed by atoms with van der Waals surface area (Å²) in [4.78, 5) is 27.2. The van der Waals surface area contributed by atoms with Gasteiger partial charge in [0, 0.05) is 17.3 Å². The van der Waals surface area contributed by atoms with E-state index in [-0.39, 0.29) is 11.7 Å². The molecule has 1 aromatic carbocycles. The quantitative estimate of drug-likeness (QED) is 0.852. The molecule has 20 heavy (non-hydrogen) atoms. The zero-order valence-electron chi connectivity index (χ0n) is 10.8. The van der Waals surface area contributed by atoms with Gasteiger partial charge in [-0.1, -0.05) is 29.5 Å². The second kappa shape index (κ2) is 7.06. The van der Waals surface area contributed by atoms with Gasteiger partial charge in [0.05, 0.1) is 5.75 Å². The number of imide groups is 1. The van der Waals surface area contributed by atoms with Gasteiger partial charge in [0.25, 0.3) is 0 Å². The number of carbonyl (C=O) groups is 2. The molecule has 0 aliphatic rings. The van der Waals surface area contributed by atoms with Crippen molar-refractivity contribution in [1.82, 2.24) is 10.3 Å². The Balaban J connectivity index is 1.76. The summed E-state index contributed by atoms with van der Waals surface area (Å²) in [6.45, 7) is 1.96. The van der Waals surface area contributed by atoms with Crippen LogP contribution in [-0.2, 0) is 4.79 Å². The minimum absolute atomic E-state index is 0.162. The van der Waals surface area contributed by atoms with Crippen LogP contribution in [0.5, 0.6) is 0 Å². The van der Waals surface area contributed by atoms with Gasteiger partial charge >= 0.3 is 6.03 Å². The number of aryl methyl sites for hydroxylation is 1. The van der Waals surface area contributed by atoms with Crippen LogP contribution in [0, 0.1) is 6.92 Å². The molecule has 3 amide bonds. The fraction of sp³-hybridized carbons (Fsp3) is 0.154. The van der Waals surface area contributed by atoms with Crippen molar-refractivity contribution in [1.29, 1.82) is 0 Å². The number of amides is 3. The minimum atomic E-state index is -0.529. The number of nitrogens with zero attached hydrogens (tertiary/aromatic N) is 1. The molecule has 0 atom stereocenters. The Morgan fingerprint density at radius 1 is 1.30 bits per heavy atom. The Labute approximate surface area is 124 Å². The van der Waals surface area contributed by atoms with Gasteiger partial charge in [-0.05, 0) is 19.1 Å². The van der Waals surface area contributed by atoms with Gasteiger partial charge in [-0.3, -0.25) is 10.1 Å². The van der Waals surface area contributed by atoms with E-state index in [0.29, 0.717) is 5.69 Å². The first-order valence-corrected chi connectivity index (χ1v) is 7.70. The number of hydrogen-bond acceptors (Lipinski definition) is 5. The molecule has 0 saturated carbocycles. The second-order valence-corrected chi connectivity index (χ2v) is 6.07. The van der Waals surface area contributed by atoms with Crippen molar-refractivity contribution in [2.45, 2.75) is 11.3 Å². The van der Waals surface area contributed by atoms with E-state index in [1.54, 1.807) is 18.3 Å². The maximum absolute atomic E-state index is 11.6. The van der Waals surface area contributed by atoms with Crippen molar-refractivity contribution in [3.63, 3.8) is 0 Å². The Hall–Kier alpha value is -1.86. The van der Waals surface area contributed by atoms with E-state index < -0.39 is 6.03 Å². The van der Waals surface area contributed by atoms with Crippen molar-refractivity contribution < 1.29 is 9.59 Å². The zero-order chi connectivity index (χ0) is 14.4. The Bertz CT molecular complexity index is 582. The van der Waals surface area contributed by atoms with Gasteiger partial charge in [0.1, 0.15) is 4.34 Å². The molecular formula is C13H13N3O2S2. The van der Waals surface area contributed by atoms with Gasteiger partial charge in [0.2, 0.25) is 5.91 Å². The predicted molar refractivity (Wildman–Crippen MR) is 81.2 cm³/mol. The number of carbonyl (C=O) groups excluding carboxylic acids is 2. The predicted octanol–water partition coefficient (Wildman–Crippen LogP) is 2.89. The van der Waals surface area contributed by atoms with Crippen LogP contribution >= 0.6 is 23.1 Å². The van der Waals surface area contributed by atoms with Crippen LogP contribution in [0.15, 0.2) is 40.2 Å². The molecule has 0 aliphatic carbocycles. The molecule has 2 rings (SSSR count). The van der Waals surface area contributed by atoms with Crippen molar-refractivity contribution in [3.8, 4) is 0 Å². The number of benzene rings is 1. The molecule has 2 N–H and O–H groups in total. The van der Waals surface area contributed by atoms with Gasteiger partial charge in [0.15, 0.2) is 0 Å². The highest BCUT2D eigenvalue weighted by atomic mass is 32.2. The number of hydrogen-bond donors (Lipinski definition) is 2. The summed E-state index contributed by atoms with van der Waals surface area (Å²) in [5.74, 6) is -0.190. The number of aromatic nitrogens is 1. The highest BCUT2D eigenvalue weighted by Crippen LogP contribution is 2.19. The van der Waals surface area contributed by atoms with Crippen LogP contribution in [0.25, 0.3) is 0 Å². The van der Waals surface area contributed by atoms with Crippen molar-refractivity contribution >= 4 is 40.7 Å². The van der Waals surface area contributed by atoms with Crippen molar-refractivity contribution in [2.24, 2.45) is 0 Å². The standard InChI is InChI=1S/C13H13N3O2S2/c1-9-2-4-10(5-3-9)15-12(18)16-11(17)8-20-13-14-6-7-19-13/h2-7H,8H2,1H3,(H2,15,16,17,18). The lowest BCUT2D eigenvalue weighted by atomic mass is 10.2. The zero-order valence-corrected chi connectivity index (χ0v) is 12.4. The molecule has 2 aromatic rings. The van der Waals surface area contributed by atoms with Crippen molar-refractivity contribution in [2.75, 3.05) is 11.1 Å². The van der Waals surface area contributed by atoms with Gasteiger partial charge in [-0.2, -0.15) is 0 Å². The lowest BCUT2D eigenvalue weighted by molar-refractivity contribution is -0.117. The Kier molecular flexibility index (Phi) is 5.14. The average Bonchev–Trinajstić information content (AvgIpc) is 2.92. The van der Waals surface area contributed by atoms with Crippen LogP contribution in [0.2, 0.25) is 0 Å². The number of anilines is 1. The molecular weight excluding hydrogens is 294 g/mol. The van der Waals surface area contributed by atoms with E-state index in [1.807, 2.05) is 24.4 Å². The minimum Gasteiger partial charge on any atom is -0.308 e. The van der Waals surface area contributed by atoms with E-state index in [2.05, 4.69) is 15.6 Å². The molecule has 0 saturated heterocycles. The van der Waals surface area contributed by atoms with E-state index in [4.69, 9.17) is 0 Å². The van der Waals surface area contributed by atoms with E-state index in [9.17, 15) is 9.59 Å². The molecule has 0 fully saturated rings. The van der Waals surface area contributed by atoms with Crippen LogP contribution in [0.1, 0.15) is 5.56 Å². The second-order valence-electron chi connectivity index (χ2n) is 3.96. The highest BCUT2D eigenvalue weighted by Gasteiger charge is 2.09.